The molecular formula is C15H29NO3. The maximum absolute atomic E-state index is 11.8. The molecule has 0 bridgehead atoms. The number of rotatable bonds is 7. The van der Waals surface area contributed by atoms with E-state index in [0.717, 1.165) is 6.61 Å². The molecule has 0 radical (unpaired) electrons. The standard InChI is InChI=1S/C15H29NO3/c1-12(10-15(2,16-3)14(17)18-4)19-11-13-8-6-5-7-9-13/h12-13,16H,5-11H2,1-4H3. The molecule has 112 valence electrons. The topological polar surface area (TPSA) is 47.6 Å². The van der Waals surface area contributed by atoms with Crippen LogP contribution >= 0.6 is 0 Å². The third-order valence-corrected chi connectivity index (χ3v) is 4.22. The maximum atomic E-state index is 11.8. The summed E-state index contributed by atoms with van der Waals surface area (Å²) in [7, 11) is 3.20. The lowest BCUT2D eigenvalue weighted by atomic mass is 9.90. The Morgan fingerprint density at radius 3 is 2.53 bits per heavy atom. The lowest BCUT2D eigenvalue weighted by molar-refractivity contribution is -0.149. The van der Waals surface area contributed by atoms with Crippen LogP contribution in [0.2, 0.25) is 0 Å². The average Bonchev–Trinajstić information content (AvgIpc) is 2.45. The zero-order valence-electron chi connectivity index (χ0n) is 12.8. The zero-order valence-corrected chi connectivity index (χ0v) is 12.8. The SMILES string of the molecule is CNC(C)(CC(C)OCC1CCCCC1)C(=O)OC. The Balaban J connectivity index is 2.35. The summed E-state index contributed by atoms with van der Waals surface area (Å²) in [6, 6.07) is 0. The van der Waals surface area contributed by atoms with Gasteiger partial charge in [0, 0.05) is 13.0 Å². The van der Waals surface area contributed by atoms with Crippen molar-refractivity contribution in [1.29, 1.82) is 0 Å². The van der Waals surface area contributed by atoms with Crippen LogP contribution in [-0.4, -0.2) is 38.4 Å². The molecule has 4 nitrogen and oxygen atoms in total. The van der Waals surface area contributed by atoms with E-state index in [1.165, 1.54) is 39.2 Å². The van der Waals surface area contributed by atoms with E-state index >= 15 is 0 Å². The van der Waals surface area contributed by atoms with Gasteiger partial charge in [0.15, 0.2) is 0 Å². The van der Waals surface area contributed by atoms with E-state index in [2.05, 4.69) is 5.32 Å². The van der Waals surface area contributed by atoms with Crippen LogP contribution in [0.15, 0.2) is 0 Å². The lowest BCUT2D eigenvalue weighted by Crippen LogP contribution is -2.50. The summed E-state index contributed by atoms with van der Waals surface area (Å²) in [6.45, 7) is 4.71. The van der Waals surface area contributed by atoms with Crippen LogP contribution in [0.3, 0.4) is 0 Å². The average molecular weight is 271 g/mol. The minimum Gasteiger partial charge on any atom is -0.468 e. The Morgan fingerprint density at radius 2 is 2.00 bits per heavy atom. The van der Waals surface area contributed by atoms with Crippen LogP contribution < -0.4 is 5.32 Å². The molecule has 1 rings (SSSR count). The summed E-state index contributed by atoms with van der Waals surface area (Å²) in [5, 5.41) is 3.04. The van der Waals surface area contributed by atoms with E-state index in [-0.39, 0.29) is 12.1 Å². The predicted octanol–water partition coefficient (Wildman–Crippen LogP) is 2.51. The van der Waals surface area contributed by atoms with Gasteiger partial charge in [-0.05, 0) is 39.7 Å². The first-order valence-corrected chi connectivity index (χ1v) is 7.40. The smallest absolute Gasteiger partial charge is 0.325 e. The number of hydrogen-bond donors (Lipinski definition) is 1. The second-order valence-electron chi connectivity index (χ2n) is 5.93. The van der Waals surface area contributed by atoms with Gasteiger partial charge in [-0.15, -0.1) is 0 Å². The van der Waals surface area contributed by atoms with Crippen molar-refractivity contribution in [2.24, 2.45) is 5.92 Å². The molecule has 0 aliphatic heterocycles. The van der Waals surface area contributed by atoms with Gasteiger partial charge in [-0.2, -0.15) is 0 Å². The molecule has 1 saturated carbocycles. The first-order valence-electron chi connectivity index (χ1n) is 7.40. The Morgan fingerprint density at radius 1 is 1.37 bits per heavy atom. The number of methoxy groups -OCH3 is 1. The van der Waals surface area contributed by atoms with Crippen molar-refractivity contribution < 1.29 is 14.3 Å². The van der Waals surface area contributed by atoms with E-state index in [1.54, 1.807) is 7.05 Å². The van der Waals surface area contributed by atoms with Gasteiger partial charge in [-0.25, -0.2) is 0 Å². The Hall–Kier alpha value is -0.610. The van der Waals surface area contributed by atoms with Crippen molar-refractivity contribution >= 4 is 5.97 Å². The molecule has 0 amide bonds. The van der Waals surface area contributed by atoms with E-state index < -0.39 is 5.54 Å². The van der Waals surface area contributed by atoms with Crippen LogP contribution in [0.4, 0.5) is 0 Å². The molecule has 0 saturated heterocycles. The summed E-state index contributed by atoms with van der Waals surface area (Å²) < 4.78 is 10.8. The maximum Gasteiger partial charge on any atom is 0.325 e. The van der Waals surface area contributed by atoms with Gasteiger partial charge in [0.2, 0.25) is 0 Å². The highest BCUT2D eigenvalue weighted by Crippen LogP contribution is 2.25. The highest BCUT2D eigenvalue weighted by Gasteiger charge is 2.34. The zero-order chi connectivity index (χ0) is 14.3. The lowest BCUT2D eigenvalue weighted by Gasteiger charge is -2.30. The normalized spacial score (nSPS) is 21.7. The van der Waals surface area contributed by atoms with Crippen LogP contribution in [0.25, 0.3) is 0 Å². The monoisotopic (exact) mass is 271 g/mol. The van der Waals surface area contributed by atoms with Crippen molar-refractivity contribution in [1.82, 2.24) is 5.32 Å². The minimum absolute atomic E-state index is 0.0541. The number of esters is 1. The first-order chi connectivity index (χ1) is 9.01. The fourth-order valence-electron chi connectivity index (χ4n) is 2.80. The van der Waals surface area contributed by atoms with Crippen LogP contribution in [0, 0.1) is 5.92 Å². The van der Waals surface area contributed by atoms with Gasteiger partial charge in [-0.1, -0.05) is 19.3 Å². The van der Waals surface area contributed by atoms with Crippen molar-refractivity contribution in [3.63, 3.8) is 0 Å². The molecule has 0 spiro atoms. The third-order valence-electron chi connectivity index (χ3n) is 4.22. The van der Waals surface area contributed by atoms with Crippen LogP contribution in [-0.2, 0) is 14.3 Å². The Labute approximate surface area is 117 Å². The summed E-state index contributed by atoms with van der Waals surface area (Å²) in [6.07, 6.45) is 7.28. The van der Waals surface area contributed by atoms with Crippen molar-refractivity contribution in [2.45, 2.75) is 64.0 Å². The Bertz CT molecular complexity index is 277. The van der Waals surface area contributed by atoms with E-state index in [1.807, 2.05) is 13.8 Å². The van der Waals surface area contributed by atoms with E-state index in [4.69, 9.17) is 9.47 Å². The van der Waals surface area contributed by atoms with Crippen molar-refractivity contribution in [3.05, 3.63) is 0 Å². The number of carbonyl (C=O) groups excluding carboxylic acids is 1. The van der Waals surface area contributed by atoms with Gasteiger partial charge in [0.1, 0.15) is 5.54 Å². The largest absolute Gasteiger partial charge is 0.468 e. The summed E-state index contributed by atoms with van der Waals surface area (Å²) >= 11 is 0. The molecule has 0 aromatic heterocycles. The van der Waals surface area contributed by atoms with Gasteiger partial charge >= 0.3 is 5.97 Å². The highest BCUT2D eigenvalue weighted by atomic mass is 16.5. The molecule has 2 atom stereocenters. The third kappa shape index (κ3) is 5.11. The van der Waals surface area contributed by atoms with Gasteiger partial charge in [0.05, 0.1) is 13.2 Å². The molecule has 0 aromatic rings. The number of likely N-dealkylation sites (N-methyl/N-ethyl adjacent to an activating group) is 1. The molecule has 1 N–H and O–H groups in total. The fourth-order valence-corrected chi connectivity index (χ4v) is 2.80. The van der Waals surface area contributed by atoms with Crippen molar-refractivity contribution in [2.75, 3.05) is 20.8 Å². The van der Waals surface area contributed by atoms with E-state index in [9.17, 15) is 4.79 Å². The first kappa shape index (κ1) is 16.4. The fraction of sp³-hybridized carbons (Fsp3) is 0.933. The number of hydrogen-bond acceptors (Lipinski definition) is 4. The molecule has 2 unspecified atom stereocenters. The second kappa shape index (κ2) is 7.85. The van der Waals surface area contributed by atoms with E-state index in [0.29, 0.717) is 12.3 Å². The second-order valence-corrected chi connectivity index (χ2v) is 5.93. The predicted molar refractivity (Wildman–Crippen MR) is 76.1 cm³/mol. The molecule has 1 fully saturated rings. The molecule has 4 heteroatoms. The van der Waals surface area contributed by atoms with Crippen LogP contribution in [0.5, 0.6) is 0 Å². The summed E-state index contributed by atoms with van der Waals surface area (Å²) in [5.74, 6) is 0.471. The van der Waals surface area contributed by atoms with Gasteiger partial charge < -0.3 is 14.8 Å². The number of ether oxygens (including phenoxy) is 2. The van der Waals surface area contributed by atoms with Crippen molar-refractivity contribution in [3.8, 4) is 0 Å². The Kier molecular flexibility index (Phi) is 6.80. The quantitative estimate of drug-likeness (QED) is 0.723. The number of carbonyl (C=O) groups is 1. The molecule has 19 heavy (non-hydrogen) atoms. The summed E-state index contributed by atoms with van der Waals surface area (Å²) in [4.78, 5) is 11.8. The molecule has 0 heterocycles. The van der Waals surface area contributed by atoms with Gasteiger partial charge in [0.25, 0.3) is 0 Å². The minimum atomic E-state index is -0.666. The van der Waals surface area contributed by atoms with Crippen LogP contribution in [0.1, 0.15) is 52.4 Å². The molecule has 0 aromatic carbocycles. The molecular weight excluding hydrogens is 242 g/mol. The molecule has 1 aliphatic rings. The number of nitrogens with one attached hydrogen (secondary N) is 1. The highest BCUT2D eigenvalue weighted by molar-refractivity contribution is 5.80. The van der Waals surface area contributed by atoms with Gasteiger partial charge in [-0.3, -0.25) is 4.79 Å². The summed E-state index contributed by atoms with van der Waals surface area (Å²) in [5.41, 5.74) is -0.666. The molecule has 1 aliphatic carbocycles.